The molecule has 0 saturated carbocycles. The first kappa shape index (κ1) is 22.0. The maximum absolute atomic E-state index is 13.1. The molecule has 10 heteroatoms. The molecule has 9 nitrogen and oxygen atoms in total. The van der Waals surface area contributed by atoms with E-state index in [1.54, 1.807) is 36.7 Å². The molecule has 1 amide bonds. The summed E-state index contributed by atoms with van der Waals surface area (Å²) in [6.07, 6.45) is 4.77. The van der Waals surface area contributed by atoms with Gasteiger partial charge in [-0.3, -0.25) is 9.78 Å². The Bertz CT molecular complexity index is 1160. The number of pyridine rings is 1. The molecular formula is C22H24N4O5S. The van der Waals surface area contributed by atoms with Gasteiger partial charge in [-0.1, -0.05) is 11.2 Å². The van der Waals surface area contributed by atoms with Crippen molar-refractivity contribution in [3.8, 4) is 5.75 Å². The van der Waals surface area contributed by atoms with E-state index in [-0.39, 0.29) is 29.0 Å². The van der Waals surface area contributed by atoms with Gasteiger partial charge in [0, 0.05) is 44.0 Å². The minimum Gasteiger partial charge on any atom is -0.497 e. The van der Waals surface area contributed by atoms with Crippen molar-refractivity contribution in [3.63, 3.8) is 0 Å². The van der Waals surface area contributed by atoms with Crippen LogP contribution in [0.2, 0.25) is 0 Å². The van der Waals surface area contributed by atoms with Crippen LogP contribution in [0.3, 0.4) is 0 Å². The van der Waals surface area contributed by atoms with E-state index in [4.69, 9.17) is 9.26 Å². The zero-order valence-corrected chi connectivity index (χ0v) is 18.4. The summed E-state index contributed by atoms with van der Waals surface area (Å²) in [6, 6.07) is 11.6. The van der Waals surface area contributed by atoms with Crippen molar-refractivity contribution in [1.82, 2.24) is 19.8 Å². The number of nitrogens with one attached hydrogen (secondary N) is 1. The van der Waals surface area contributed by atoms with Crippen LogP contribution < -0.4 is 10.1 Å². The van der Waals surface area contributed by atoms with Gasteiger partial charge in [-0.15, -0.1) is 0 Å². The highest BCUT2D eigenvalue weighted by atomic mass is 32.2. The normalized spacial score (nSPS) is 17.1. The van der Waals surface area contributed by atoms with Gasteiger partial charge in [0.1, 0.15) is 11.5 Å². The lowest BCUT2D eigenvalue weighted by molar-refractivity contribution is 0.0941. The summed E-state index contributed by atoms with van der Waals surface area (Å²) in [5.74, 6) is 0.564. The molecule has 1 unspecified atom stereocenters. The third-order valence-corrected chi connectivity index (χ3v) is 7.30. The second-order valence-electron chi connectivity index (χ2n) is 7.54. The predicted molar refractivity (Wildman–Crippen MR) is 116 cm³/mol. The first-order valence-corrected chi connectivity index (χ1v) is 11.7. The number of amides is 1. The average Bonchev–Trinajstić information content (AvgIpc) is 3.34. The quantitative estimate of drug-likeness (QED) is 0.581. The number of hydrogen-bond acceptors (Lipinski definition) is 7. The number of carbonyl (C=O) groups is 1. The Labute approximate surface area is 186 Å². The molecule has 0 radical (unpaired) electrons. The molecule has 1 aliphatic rings. The van der Waals surface area contributed by atoms with Gasteiger partial charge in [0.2, 0.25) is 10.0 Å². The molecule has 32 heavy (non-hydrogen) atoms. The number of ether oxygens (including phenoxy) is 1. The number of methoxy groups -OCH3 is 1. The third kappa shape index (κ3) is 4.81. The number of piperidine rings is 1. The zero-order chi connectivity index (χ0) is 22.6. The standard InChI is InChI=1S/C22H24N4O5S/c1-30-18-6-8-19(9-7-18)32(28,29)26-11-3-5-17(15-26)21-12-20(25-31-21)22(27)24-14-16-4-2-10-23-13-16/h2,4,6-10,12-13,17H,3,5,11,14-15H2,1H3,(H,24,27). The molecule has 4 rings (SSSR count). The molecular weight excluding hydrogens is 432 g/mol. The number of aromatic nitrogens is 2. The van der Waals surface area contributed by atoms with Gasteiger partial charge < -0.3 is 14.6 Å². The van der Waals surface area contributed by atoms with Gasteiger partial charge in [0.15, 0.2) is 5.69 Å². The number of nitrogens with zero attached hydrogens (tertiary/aromatic N) is 3. The van der Waals surface area contributed by atoms with Crippen LogP contribution in [-0.4, -0.2) is 49.0 Å². The van der Waals surface area contributed by atoms with Crippen LogP contribution in [0.15, 0.2) is 64.3 Å². The van der Waals surface area contributed by atoms with Crippen molar-refractivity contribution in [2.45, 2.75) is 30.2 Å². The Morgan fingerprint density at radius 3 is 2.81 bits per heavy atom. The van der Waals surface area contributed by atoms with Gasteiger partial charge in [-0.2, -0.15) is 4.31 Å². The highest BCUT2D eigenvalue weighted by Gasteiger charge is 2.33. The van der Waals surface area contributed by atoms with Crippen molar-refractivity contribution >= 4 is 15.9 Å². The summed E-state index contributed by atoms with van der Waals surface area (Å²) in [4.78, 5) is 16.6. The zero-order valence-electron chi connectivity index (χ0n) is 17.6. The predicted octanol–water partition coefficient (Wildman–Crippen LogP) is 2.58. The molecule has 168 valence electrons. The number of hydrogen-bond donors (Lipinski definition) is 1. The third-order valence-electron chi connectivity index (χ3n) is 5.42. The molecule has 2 aromatic heterocycles. The fourth-order valence-corrected chi connectivity index (χ4v) is 5.18. The van der Waals surface area contributed by atoms with Crippen LogP contribution in [0.5, 0.6) is 5.75 Å². The van der Waals surface area contributed by atoms with E-state index in [1.165, 1.54) is 23.5 Å². The average molecular weight is 457 g/mol. The van der Waals surface area contributed by atoms with Crippen molar-refractivity contribution in [2.24, 2.45) is 0 Å². The Hall–Kier alpha value is -3.24. The van der Waals surface area contributed by atoms with E-state index in [0.717, 1.165) is 12.0 Å². The van der Waals surface area contributed by atoms with Crippen molar-refractivity contribution in [2.75, 3.05) is 20.2 Å². The molecule has 1 fully saturated rings. The molecule has 0 spiro atoms. The van der Waals surface area contributed by atoms with Crippen LogP contribution in [0.1, 0.15) is 40.6 Å². The summed E-state index contributed by atoms with van der Waals surface area (Å²) < 4.78 is 38.1. The molecule has 1 N–H and O–H groups in total. The van der Waals surface area contributed by atoms with Crippen molar-refractivity contribution in [3.05, 3.63) is 71.9 Å². The monoisotopic (exact) mass is 456 g/mol. The lowest BCUT2D eigenvalue weighted by Crippen LogP contribution is -2.39. The van der Waals surface area contributed by atoms with E-state index < -0.39 is 10.0 Å². The van der Waals surface area contributed by atoms with E-state index in [9.17, 15) is 13.2 Å². The number of rotatable bonds is 7. The molecule has 1 aliphatic heterocycles. The second-order valence-corrected chi connectivity index (χ2v) is 9.47. The fraction of sp³-hybridized carbons (Fsp3) is 0.318. The number of benzene rings is 1. The Balaban J connectivity index is 1.42. The van der Waals surface area contributed by atoms with Gasteiger partial charge >= 0.3 is 0 Å². The van der Waals surface area contributed by atoms with Crippen molar-refractivity contribution < 1.29 is 22.5 Å². The minimum absolute atomic E-state index is 0.166. The van der Waals surface area contributed by atoms with Gasteiger partial charge in [-0.05, 0) is 48.7 Å². The highest BCUT2D eigenvalue weighted by Crippen LogP contribution is 2.31. The van der Waals surface area contributed by atoms with Crippen LogP contribution >= 0.6 is 0 Å². The summed E-state index contributed by atoms with van der Waals surface area (Å²) in [5, 5.41) is 6.66. The molecule has 1 aromatic carbocycles. The summed E-state index contributed by atoms with van der Waals surface area (Å²) in [6.45, 7) is 1.02. The fourth-order valence-electron chi connectivity index (χ4n) is 3.65. The van der Waals surface area contributed by atoms with E-state index in [1.807, 2.05) is 6.07 Å². The van der Waals surface area contributed by atoms with Crippen LogP contribution in [0.25, 0.3) is 0 Å². The van der Waals surface area contributed by atoms with Crippen molar-refractivity contribution in [1.29, 1.82) is 0 Å². The molecule has 3 heterocycles. The lowest BCUT2D eigenvalue weighted by Gasteiger charge is -2.30. The number of carbonyl (C=O) groups excluding carboxylic acids is 1. The van der Waals surface area contributed by atoms with Crippen LogP contribution in [-0.2, 0) is 16.6 Å². The van der Waals surface area contributed by atoms with Gasteiger partial charge in [0.25, 0.3) is 5.91 Å². The molecule has 3 aromatic rings. The maximum Gasteiger partial charge on any atom is 0.273 e. The number of sulfonamides is 1. The first-order chi connectivity index (χ1) is 15.5. The highest BCUT2D eigenvalue weighted by molar-refractivity contribution is 7.89. The largest absolute Gasteiger partial charge is 0.497 e. The molecule has 0 bridgehead atoms. The van der Waals surface area contributed by atoms with E-state index >= 15 is 0 Å². The second kappa shape index (κ2) is 9.49. The first-order valence-electron chi connectivity index (χ1n) is 10.3. The maximum atomic E-state index is 13.1. The lowest BCUT2D eigenvalue weighted by atomic mass is 9.97. The van der Waals surface area contributed by atoms with E-state index in [2.05, 4.69) is 15.5 Å². The summed E-state index contributed by atoms with van der Waals surface area (Å²) in [5.41, 5.74) is 1.04. The van der Waals surface area contributed by atoms with Crippen LogP contribution in [0, 0.1) is 0 Å². The minimum atomic E-state index is -3.65. The Morgan fingerprint density at radius 1 is 1.28 bits per heavy atom. The summed E-state index contributed by atoms with van der Waals surface area (Å²) in [7, 11) is -2.11. The molecule has 1 atom stereocenters. The molecule has 0 aliphatic carbocycles. The Kier molecular flexibility index (Phi) is 6.52. The summed E-state index contributed by atoms with van der Waals surface area (Å²) >= 11 is 0. The SMILES string of the molecule is COc1ccc(S(=O)(=O)N2CCCC(c3cc(C(=O)NCc4cccnc4)no3)C2)cc1. The smallest absolute Gasteiger partial charge is 0.273 e. The topological polar surface area (TPSA) is 115 Å². The van der Waals surface area contributed by atoms with Crippen LogP contribution in [0.4, 0.5) is 0 Å². The Morgan fingerprint density at radius 2 is 2.09 bits per heavy atom. The van der Waals surface area contributed by atoms with Gasteiger partial charge in [0.05, 0.1) is 12.0 Å². The molecule has 1 saturated heterocycles. The van der Waals surface area contributed by atoms with Gasteiger partial charge in [-0.25, -0.2) is 8.42 Å². The van der Waals surface area contributed by atoms with E-state index in [0.29, 0.717) is 31.0 Å².